The first-order valence-corrected chi connectivity index (χ1v) is 12.2. The first-order valence-electron chi connectivity index (χ1n) is 12.2. The number of aromatic nitrogens is 2. The molecule has 6 nitrogen and oxygen atoms in total. The maximum atomic E-state index is 15.7. The molecule has 1 aliphatic rings. The Balaban J connectivity index is 1.47. The number of benzene rings is 3. The van der Waals surface area contributed by atoms with Gasteiger partial charge in [-0.3, -0.25) is 4.90 Å². The van der Waals surface area contributed by atoms with Crippen molar-refractivity contribution < 1.29 is 13.2 Å². The lowest BCUT2D eigenvalue weighted by atomic mass is 9.72. The third kappa shape index (κ3) is 5.04. The summed E-state index contributed by atoms with van der Waals surface area (Å²) in [4.78, 5) is 5.71. The first-order chi connectivity index (χ1) is 18.3. The minimum Gasteiger partial charge on any atom is -0.423 e. The summed E-state index contributed by atoms with van der Waals surface area (Å²) in [6.45, 7) is 11.4. The minimum atomic E-state index is -1.62. The summed E-state index contributed by atoms with van der Waals surface area (Å²) in [6, 6.07) is 21.3. The first kappa shape index (κ1) is 25.3. The van der Waals surface area contributed by atoms with E-state index in [1.807, 2.05) is 30.3 Å². The molecule has 0 radical (unpaired) electrons. The van der Waals surface area contributed by atoms with E-state index in [1.54, 1.807) is 24.3 Å². The van der Waals surface area contributed by atoms with Crippen LogP contribution in [-0.4, -0.2) is 33.9 Å². The van der Waals surface area contributed by atoms with E-state index in [9.17, 15) is 9.65 Å². The van der Waals surface area contributed by atoms with E-state index in [2.05, 4.69) is 26.0 Å². The van der Waals surface area contributed by atoms with E-state index in [4.69, 9.17) is 11.0 Å². The Labute approximate surface area is 220 Å². The summed E-state index contributed by atoms with van der Waals surface area (Å²) < 4.78 is 35.6. The van der Waals surface area contributed by atoms with Crippen LogP contribution in [0.15, 0.2) is 77.5 Å². The summed E-state index contributed by atoms with van der Waals surface area (Å²) in [7, 11) is 0. The molecular weight excluding hydrogens is 484 g/mol. The molecule has 8 heteroatoms. The van der Waals surface area contributed by atoms with Crippen molar-refractivity contribution in [1.82, 2.24) is 15.1 Å². The molecule has 0 saturated carbocycles. The molecule has 0 bridgehead atoms. The fourth-order valence-corrected chi connectivity index (χ4v) is 5.54. The van der Waals surface area contributed by atoms with Gasteiger partial charge in [-0.15, -0.1) is 10.2 Å². The van der Waals surface area contributed by atoms with E-state index in [1.165, 1.54) is 32.4 Å². The highest BCUT2D eigenvalue weighted by Crippen LogP contribution is 2.46. The van der Waals surface area contributed by atoms with Gasteiger partial charge in [-0.2, -0.15) is 5.26 Å². The van der Waals surface area contributed by atoms with Gasteiger partial charge in [-0.1, -0.05) is 36.4 Å². The SMILES string of the molecule is [C-]#[N+]c1ccc(C(c2cccc(C#N)c2)N2CC([C@@H](c3cc(F)cc(-c4nnco4)c3)C(C)(C)F)C2)cc1. The number of rotatable bonds is 7. The molecule has 1 fully saturated rings. The molecular formula is C30H25F2N5O. The van der Waals surface area contributed by atoms with Gasteiger partial charge >= 0.3 is 0 Å². The lowest BCUT2D eigenvalue weighted by molar-refractivity contribution is 0.00814. The Morgan fingerprint density at radius 1 is 1.08 bits per heavy atom. The summed E-state index contributed by atoms with van der Waals surface area (Å²) >= 11 is 0. The molecule has 5 rings (SSSR count). The molecule has 0 amide bonds. The van der Waals surface area contributed by atoms with Crippen LogP contribution in [0.1, 0.15) is 48.1 Å². The van der Waals surface area contributed by atoms with E-state index in [0.29, 0.717) is 35.5 Å². The maximum Gasteiger partial charge on any atom is 0.247 e. The summed E-state index contributed by atoms with van der Waals surface area (Å²) in [6.07, 6.45) is 1.17. The zero-order valence-corrected chi connectivity index (χ0v) is 21.0. The van der Waals surface area contributed by atoms with E-state index in [-0.39, 0.29) is 17.9 Å². The zero-order valence-electron chi connectivity index (χ0n) is 21.0. The Kier molecular flexibility index (Phi) is 6.75. The number of likely N-dealkylation sites (tertiary alicyclic amines) is 1. The molecule has 2 atom stereocenters. The highest BCUT2D eigenvalue weighted by molar-refractivity contribution is 5.55. The molecule has 1 unspecified atom stereocenters. The molecule has 4 aromatic rings. The highest BCUT2D eigenvalue weighted by Gasteiger charge is 2.45. The van der Waals surface area contributed by atoms with Crippen LogP contribution in [0.25, 0.3) is 16.3 Å². The average Bonchev–Trinajstić information content (AvgIpc) is 3.42. The van der Waals surface area contributed by atoms with Gasteiger partial charge in [0.25, 0.3) is 0 Å². The minimum absolute atomic E-state index is 0.0866. The number of alkyl halides is 1. The molecule has 2 heterocycles. The molecule has 38 heavy (non-hydrogen) atoms. The molecule has 1 saturated heterocycles. The number of hydrogen-bond acceptors (Lipinski definition) is 5. The maximum absolute atomic E-state index is 15.7. The third-order valence-corrected chi connectivity index (χ3v) is 7.07. The van der Waals surface area contributed by atoms with Gasteiger partial charge < -0.3 is 4.42 Å². The normalized spacial score (nSPS) is 15.7. The standard InChI is InChI=1S/C30H25F2N5O/c1-30(2,32)27(22-12-23(14-25(31)13-22)29-36-35-18-38-29)24-16-37(17-24)28(20-7-9-26(34-3)10-8-20)21-6-4-5-19(11-21)15-33/h4-14,18,24,27-28H,16-17H2,1-2H3/t27-,28?/m1/s1. The van der Waals surface area contributed by atoms with Crippen LogP contribution in [0.2, 0.25) is 0 Å². The molecule has 1 aliphatic heterocycles. The van der Waals surface area contributed by atoms with Crippen LogP contribution >= 0.6 is 0 Å². The van der Waals surface area contributed by atoms with Crippen LogP contribution in [0, 0.1) is 29.6 Å². The Hall–Kier alpha value is -4.40. The highest BCUT2D eigenvalue weighted by atomic mass is 19.1. The topological polar surface area (TPSA) is 70.3 Å². The second-order valence-corrected chi connectivity index (χ2v) is 10.1. The van der Waals surface area contributed by atoms with Crippen LogP contribution in [0.3, 0.4) is 0 Å². The molecule has 3 aromatic carbocycles. The summed E-state index contributed by atoms with van der Waals surface area (Å²) in [5.41, 5.74) is 2.35. The number of nitrogens with zero attached hydrogens (tertiary/aromatic N) is 5. The molecule has 0 N–H and O–H groups in total. The second kappa shape index (κ2) is 10.2. The summed E-state index contributed by atoms with van der Waals surface area (Å²) in [5.74, 6) is -0.980. The van der Waals surface area contributed by atoms with Crippen molar-refractivity contribution in [3.05, 3.63) is 113 Å². The van der Waals surface area contributed by atoms with E-state index < -0.39 is 17.4 Å². The van der Waals surface area contributed by atoms with Gasteiger partial charge in [0.1, 0.15) is 11.5 Å². The van der Waals surface area contributed by atoms with Crippen molar-refractivity contribution in [2.45, 2.75) is 31.5 Å². The monoisotopic (exact) mass is 509 g/mol. The average molecular weight is 510 g/mol. The van der Waals surface area contributed by atoms with Crippen molar-refractivity contribution in [3.8, 4) is 17.5 Å². The van der Waals surface area contributed by atoms with Crippen LogP contribution in [-0.2, 0) is 0 Å². The zero-order chi connectivity index (χ0) is 26.9. The number of halogens is 2. The van der Waals surface area contributed by atoms with Gasteiger partial charge in [-0.05, 0) is 66.8 Å². The van der Waals surface area contributed by atoms with Crippen molar-refractivity contribution in [3.63, 3.8) is 0 Å². The predicted molar refractivity (Wildman–Crippen MR) is 138 cm³/mol. The van der Waals surface area contributed by atoms with E-state index in [0.717, 1.165) is 11.1 Å². The van der Waals surface area contributed by atoms with Crippen LogP contribution in [0.5, 0.6) is 0 Å². The molecule has 0 aliphatic carbocycles. The van der Waals surface area contributed by atoms with Crippen molar-refractivity contribution in [1.29, 1.82) is 5.26 Å². The lowest BCUT2D eigenvalue weighted by Gasteiger charge is -2.50. The largest absolute Gasteiger partial charge is 0.423 e. The van der Waals surface area contributed by atoms with Crippen LogP contribution < -0.4 is 0 Å². The fourth-order valence-electron chi connectivity index (χ4n) is 5.54. The van der Waals surface area contributed by atoms with Crippen molar-refractivity contribution in [2.24, 2.45) is 5.92 Å². The van der Waals surface area contributed by atoms with Gasteiger partial charge in [0, 0.05) is 24.6 Å². The Bertz CT molecular complexity index is 1510. The lowest BCUT2D eigenvalue weighted by Crippen LogP contribution is -2.53. The number of hydrogen-bond donors (Lipinski definition) is 0. The second-order valence-electron chi connectivity index (χ2n) is 10.1. The van der Waals surface area contributed by atoms with Gasteiger partial charge in [0.2, 0.25) is 12.3 Å². The van der Waals surface area contributed by atoms with E-state index >= 15 is 4.39 Å². The van der Waals surface area contributed by atoms with Gasteiger partial charge in [-0.25, -0.2) is 13.6 Å². The van der Waals surface area contributed by atoms with Crippen molar-refractivity contribution >= 4 is 5.69 Å². The fraction of sp³-hybridized carbons (Fsp3) is 0.267. The van der Waals surface area contributed by atoms with Gasteiger partial charge in [0.05, 0.1) is 24.2 Å². The number of nitriles is 1. The smallest absolute Gasteiger partial charge is 0.247 e. The predicted octanol–water partition coefficient (Wildman–Crippen LogP) is 6.85. The summed E-state index contributed by atoms with van der Waals surface area (Å²) in [5, 5.41) is 17.0. The van der Waals surface area contributed by atoms with Gasteiger partial charge in [0.15, 0.2) is 5.69 Å². The quantitative estimate of drug-likeness (QED) is 0.255. The third-order valence-electron chi connectivity index (χ3n) is 7.07. The Morgan fingerprint density at radius 2 is 1.84 bits per heavy atom. The molecule has 190 valence electrons. The molecule has 0 spiro atoms. The molecule has 1 aromatic heterocycles. The Morgan fingerprint density at radius 3 is 2.47 bits per heavy atom. The van der Waals surface area contributed by atoms with Crippen molar-refractivity contribution in [2.75, 3.05) is 13.1 Å². The van der Waals surface area contributed by atoms with Crippen LogP contribution in [0.4, 0.5) is 14.5 Å².